The topological polar surface area (TPSA) is 78.8 Å². The Bertz CT molecular complexity index is 427. The number of benzene rings is 1. The van der Waals surface area contributed by atoms with E-state index < -0.39 is 12.0 Å². The van der Waals surface area contributed by atoms with Gasteiger partial charge in [-0.3, -0.25) is 0 Å². The Morgan fingerprint density at radius 1 is 1.47 bits per heavy atom. The van der Waals surface area contributed by atoms with Crippen LogP contribution in [0.5, 0.6) is 11.5 Å². The summed E-state index contributed by atoms with van der Waals surface area (Å²) in [4.78, 5) is 11.9. The van der Waals surface area contributed by atoms with E-state index in [1.165, 1.54) is 6.07 Å². The van der Waals surface area contributed by atoms with E-state index in [4.69, 9.17) is 4.74 Å². The number of likely N-dealkylation sites (N-methyl/N-ethyl adjacent to an activating group) is 1. The zero-order valence-electron chi connectivity index (χ0n) is 10.9. The van der Waals surface area contributed by atoms with Gasteiger partial charge >= 0.3 is 5.97 Å². The number of carbonyl (C=O) groups is 1. The molecule has 0 saturated heterocycles. The summed E-state index contributed by atoms with van der Waals surface area (Å²) in [6.45, 7) is 2.39. The van der Waals surface area contributed by atoms with Crippen molar-refractivity contribution in [1.29, 1.82) is 0 Å². The van der Waals surface area contributed by atoms with Gasteiger partial charge in [-0.15, -0.1) is 0 Å². The molecule has 6 heteroatoms. The van der Waals surface area contributed by atoms with E-state index in [-0.39, 0.29) is 11.5 Å². The highest BCUT2D eigenvalue weighted by atomic mass is 79.9. The van der Waals surface area contributed by atoms with Crippen LogP contribution in [0, 0.1) is 0 Å². The van der Waals surface area contributed by atoms with Crippen molar-refractivity contribution >= 4 is 21.9 Å². The summed E-state index contributed by atoms with van der Waals surface area (Å²) in [5.74, 6) is -0.947. The number of esters is 1. The Hall–Kier alpha value is -1.27. The van der Waals surface area contributed by atoms with E-state index >= 15 is 0 Å². The van der Waals surface area contributed by atoms with E-state index in [9.17, 15) is 15.0 Å². The molecule has 1 aromatic carbocycles. The first-order chi connectivity index (χ1) is 9.01. The van der Waals surface area contributed by atoms with Crippen molar-refractivity contribution in [2.45, 2.75) is 25.8 Å². The van der Waals surface area contributed by atoms with Crippen LogP contribution in [0.25, 0.3) is 0 Å². The van der Waals surface area contributed by atoms with E-state index in [1.807, 2.05) is 6.92 Å². The molecule has 5 nitrogen and oxygen atoms in total. The first kappa shape index (κ1) is 15.8. The number of hydrogen-bond donors (Lipinski definition) is 3. The molecule has 0 aromatic heterocycles. The number of hydrogen-bond acceptors (Lipinski definition) is 5. The normalized spacial score (nSPS) is 12.2. The first-order valence-electron chi connectivity index (χ1n) is 6.06. The van der Waals surface area contributed by atoms with E-state index in [2.05, 4.69) is 21.2 Å². The molecule has 1 unspecified atom stereocenters. The molecule has 0 aliphatic heterocycles. The zero-order valence-corrected chi connectivity index (χ0v) is 12.5. The molecule has 0 amide bonds. The predicted octanol–water partition coefficient (Wildman–Crippen LogP) is 2.46. The molecule has 0 saturated carbocycles. The highest BCUT2D eigenvalue weighted by Crippen LogP contribution is 2.36. The third kappa shape index (κ3) is 4.11. The number of rotatable bonds is 6. The molecule has 1 aromatic rings. The quantitative estimate of drug-likeness (QED) is 0.424. The molecule has 0 aliphatic carbocycles. The molecular weight excluding hydrogens is 314 g/mol. The van der Waals surface area contributed by atoms with Gasteiger partial charge in [0, 0.05) is 0 Å². The zero-order chi connectivity index (χ0) is 14.4. The second-order valence-electron chi connectivity index (χ2n) is 4.11. The number of unbranched alkanes of at least 4 members (excludes halogenated alkanes) is 1. The van der Waals surface area contributed by atoms with E-state index in [0.29, 0.717) is 16.6 Å². The maximum absolute atomic E-state index is 11.9. The number of phenols is 2. The Morgan fingerprint density at radius 3 is 2.68 bits per heavy atom. The lowest BCUT2D eigenvalue weighted by Gasteiger charge is -2.16. The maximum atomic E-state index is 11.9. The highest BCUT2D eigenvalue weighted by Gasteiger charge is 2.22. The largest absolute Gasteiger partial charge is 0.504 e. The van der Waals surface area contributed by atoms with Crippen LogP contribution in [0.2, 0.25) is 0 Å². The summed E-state index contributed by atoms with van der Waals surface area (Å²) in [5, 5.41) is 21.9. The minimum Gasteiger partial charge on any atom is -0.504 e. The molecule has 0 fully saturated rings. The summed E-state index contributed by atoms with van der Waals surface area (Å²) in [7, 11) is 1.63. The highest BCUT2D eigenvalue weighted by molar-refractivity contribution is 9.10. The third-order valence-electron chi connectivity index (χ3n) is 2.67. The molecule has 106 valence electrons. The van der Waals surface area contributed by atoms with Gasteiger partial charge in [-0.1, -0.05) is 13.3 Å². The van der Waals surface area contributed by atoms with Crippen LogP contribution < -0.4 is 5.32 Å². The average Bonchev–Trinajstić information content (AvgIpc) is 2.37. The average molecular weight is 332 g/mol. The number of phenolic OH excluding ortho intramolecular Hbond substituents is 2. The Labute approximate surface area is 120 Å². The smallest absolute Gasteiger partial charge is 0.327 e. The standard InChI is InChI=1S/C13H18BrNO4/c1-3-4-5-19-13(18)11(15-2)8-6-9(14)12(17)10(16)7-8/h6-7,11,15-17H,3-5H2,1-2H3. The van der Waals surface area contributed by atoms with Gasteiger partial charge in [0.15, 0.2) is 11.5 Å². The van der Waals surface area contributed by atoms with Gasteiger partial charge in [0.2, 0.25) is 0 Å². The van der Waals surface area contributed by atoms with Crippen LogP contribution >= 0.6 is 15.9 Å². The molecule has 1 atom stereocenters. The first-order valence-corrected chi connectivity index (χ1v) is 6.85. The van der Waals surface area contributed by atoms with Crippen LogP contribution in [0.3, 0.4) is 0 Å². The molecular formula is C13H18BrNO4. The fourth-order valence-electron chi connectivity index (χ4n) is 1.59. The van der Waals surface area contributed by atoms with Crippen molar-refractivity contribution in [2.75, 3.05) is 13.7 Å². The van der Waals surface area contributed by atoms with Crippen LogP contribution in [-0.2, 0) is 9.53 Å². The number of halogens is 1. The van der Waals surface area contributed by atoms with Crippen LogP contribution in [0.15, 0.2) is 16.6 Å². The lowest BCUT2D eigenvalue weighted by Crippen LogP contribution is -2.27. The summed E-state index contributed by atoms with van der Waals surface area (Å²) in [6, 6.07) is 2.22. The fraction of sp³-hybridized carbons (Fsp3) is 0.462. The molecule has 0 heterocycles. The molecule has 0 radical (unpaired) electrons. The number of carbonyl (C=O) groups excluding carboxylic acids is 1. The van der Waals surface area contributed by atoms with Crippen LogP contribution in [0.4, 0.5) is 0 Å². The number of aromatic hydroxyl groups is 2. The van der Waals surface area contributed by atoms with Gasteiger partial charge in [0.1, 0.15) is 6.04 Å². The SMILES string of the molecule is CCCCOC(=O)C(NC)c1cc(O)c(O)c(Br)c1. The fourth-order valence-corrected chi connectivity index (χ4v) is 2.06. The monoisotopic (exact) mass is 331 g/mol. The molecule has 0 aliphatic rings. The van der Waals surface area contributed by atoms with Crippen molar-refractivity contribution in [3.05, 3.63) is 22.2 Å². The lowest BCUT2D eigenvalue weighted by molar-refractivity contribution is -0.146. The second kappa shape index (κ2) is 7.35. The summed E-state index contributed by atoms with van der Waals surface area (Å²) >= 11 is 3.12. The molecule has 3 N–H and O–H groups in total. The second-order valence-corrected chi connectivity index (χ2v) is 4.97. The summed E-state index contributed by atoms with van der Waals surface area (Å²) in [5.41, 5.74) is 0.520. The Balaban J connectivity index is 2.88. The molecule has 19 heavy (non-hydrogen) atoms. The lowest BCUT2D eigenvalue weighted by atomic mass is 10.1. The molecule has 0 bridgehead atoms. The van der Waals surface area contributed by atoms with Crippen LogP contribution in [-0.4, -0.2) is 29.8 Å². The van der Waals surface area contributed by atoms with Crippen molar-refractivity contribution in [2.24, 2.45) is 0 Å². The van der Waals surface area contributed by atoms with Gasteiger partial charge in [0.05, 0.1) is 11.1 Å². The Morgan fingerprint density at radius 2 is 2.16 bits per heavy atom. The number of nitrogens with one attached hydrogen (secondary N) is 1. The van der Waals surface area contributed by atoms with Crippen molar-refractivity contribution in [3.8, 4) is 11.5 Å². The van der Waals surface area contributed by atoms with Gasteiger partial charge in [-0.25, -0.2) is 4.79 Å². The number of ether oxygens (including phenoxy) is 1. The van der Waals surface area contributed by atoms with Crippen molar-refractivity contribution in [1.82, 2.24) is 5.32 Å². The molecule has 0 spiro atoms. The van der Waals surface area contributed by atoms with Gasteiger partial charge in [-0.05, 0) is 47.1 Å². The van der Waals surface area contributed by atoms with E-state index in [1.54, 1.807) is 13.1 Å². The molecule has 1 rings (SSSR count). The van der Waals surface area contributed by atoms with Gasteiger partial charge in [-0.2, -0.15) is 0 Å². The maximum Gasteiger partial charge on any atom is 0.327 e. The van der Waals surface area contributed by atoms with Gasteiger partial charge < -0.3 is 20.3 Å². The van der Waals surface area contributed by atoms with Crippen LogP contribution in [0.1, 0.15) is 31.4 Å². The van der Waals surface area contributed by atoms with Crippen molar-refractivity contribution in [3.63, 3.8) is 0 Å². The Kier molecular flexibility index (Phi) is 6.11. The van der Waals surface area contributed by atoms with Gasteiger partial charge in [0.25, 0.3) is 0 Å². The van der Waals surface area contributed by atoms with Crippen molar-refractivity contribution < 1.29 is 19.7 Å². The summed E-state index contributed by atoms with van der Waals surface area (Å²) in [6.07, 6.45) is 1.76. The summed E-state index contributed by atoms with van der Waals surface area (Å²) < 4.78 is 5.46. The minimum atomic E-state index is -0.681. The van der Waals surface area contributed by atoms with E-state index in [0.717, 1.165) is 12.8 Å². The minimum absolute atomic E-state index is 0.252. The third-order valence-corrected chi connectivity index (χ3v) is 3.27. The predicted molar refractivity (Wildman–Crippen MR) is 75.1 cm³/mol.